The molecule has 1 heterocycles. The molecular weight excluding hydrogens is 286 g/mol. The molecule has 0 spiro atoms. The van der Waals surface area contributed by atoms with Crippen LogP contribution in [0.15, 0.2) is 35.2 Å². The monoisotopic (exact) mass is 292 g/mol. The first-order valence-corrected chi connectivity index (χ1v) is 6.82. The van der Waals surface area contributed by atoms with E-state index < -0.39 is 32.4 Å². The fraction of sp³-hybridized carbons (Fsp3) is 0. The summed E-state index contributed by atoms with van der Waals surface area (Å²) in [7, 11) is -4.91. The third-order valence-electron chi connectivity index (χ3n) is 3.11. The Hall–Kier alpha value is -2.29. The van der Waals surface area contributed by atoms with Crippen molar-refractivity contribution in [2.45, 2.75) is 4.90 Å². The Morgan fingerprint density at radius 3 is 2.40 bits per heavy atom. The van der Waals surface area contributed by atoms with Gasteiger partial charge in [-0.3, -0.25) is 14.8 Å². The molecule has 0 fully saturated rings. The highest BCUT2D eigenvalue weighted by molar-refractivity contribution is 7.85. The van der Waals surface area contributed by atoms with Crippen LogP contribution >= 0.6 is 0 Å². The van der Waals surface area contributed by atoms with Gasteiger partial charge in [0.15, 0.2) is 0 Å². The van der Waals surface area contributed by atoms with Gasteiger partial charge in [0.2, 0.25) is 0 Å². The summed E-state index contributed by atoms with van der Waals surface area (Å²) in [6.45, 7) is 0. The van der Waals surface area contributed by atoms with Crippen molar-refractivity contribution in [3.05, 3.63) is 41.5 Å². The average Bonchev–Trinajstić information content (AvgIpc) is 2.40. The van der Waals surface area contributed by atoms with Crippen LogP contribution in [0, 0.1) is 0 Å². The average molecular weight is 292 g/mol. The van der Waals surface area contributed by atoms with Crippen LogP contribution in [0.1, 0.15) is 20.7 Å². The van der Waals surface area contributed by atoms with Crippen molar-refractivity contribution in [1.82, 2.24) is 5.06 Å². The predicted molar refractivity (Wildman–Crippen MR) is 64.2 cm³/mol. The molecule has 0 unspecified atom stereocenters. The lowest BCUT2D eigenvalue weighted by molar-refractivity contribution is -0.0380. The highest BCUT2D eigenvalue weighted by atomic mass is 32.2. The van der Waals surface area contributed by atoms with Gasteiger partial charge in [-0.25, -0.2) is 8.42 Å². The van der Waals surface area contributed by atoms with E-state index in [-0.39, 0.29) is 16.0 Å². The Morgan fingerprint density at radius 1 is 1.05 bits per heavy atom. The lowest BCUT2D eigenvalue weighted by atomic mass is 9.95. The maximum absolute atomic E-state index is 11.9. The summed E-state index contributed by atoms with van der Waals surface area (Å²) in [6.07, 6.45) is 0. The fourth-order valence-electron chi connectivity index (χ4n) is 2.27. The van der Waals surface area contributed by atoms with Crippen molar-refractivity contribution >= 4 is 32.7 Å². The van der Waals surface area contributed by atoms with Crippen molar-refractivity contribution in [1.29, 1.82) is 0 Å². The van der Waals surface area contributed by atoms with Gasteiger partial charge in [-0.05, 0) is 17.5 Å². The number of nitrogens with zero attached hydrogens (tertiary/aromatic N) is 1. The number of hydrogen-bond donors (Lipinski definition) is 1. The van der Waals surface area contributed by atoms with Gasteiger partial charge >= 0.3 is 0 Å². The third kappa shape index (κ3) is 1.56. The molecule has 0 saturated heterocycles. The molecular formula is C12H6NO6S-. The standard InChI is InChI=1S/C12H7NO6S/c14-11-7-3-1-2-6-4-5-8(20(17,18)19)10(9(6)7)12(15)13(11)16/h1-5,16H,(H,17,18,19)/p-1. The quantitative estimate of drug-likeness (QED) is 0.470. The van der Waals surface area contributed by atoms with Crippen LogP contribution < -0.4 is 0 Å². The van der Waals surface area contributed by atoms with E-state index in [9.17, 15) is 27.8 Å². The van der Waals surface area contributed by atoms with E-state index in [0.717, 1.165) is 6.07 Å². The molecule has 1 aliphatic heterocycles. The maximum atomic E-state index is 11.9. The predicted octanol–water partition coefficient (Wildman–Crippen LogP) is 0.729. The van der Waals surface area contributed by atoms with E-state index >= 15 is 0 Å². The molecule has 7 nitrogen and oxygen atoms in total. The summed E-state index contributed by atoms with van der Waals surface area (Å²) < 4.78 is 33.7. The van der Waals surface area contributed by atoms with Gasteiger partial charge in [0.05, 0.1) is 16.0 Å². The molecule has 1 N–H and O–H groups in total. The van der Waals surface area contributed by atoms with Crippen LogP contribution in [0.4, 0.5) is 0 Å². The van der Waals surface area contributed by atoms with Crippen molar-refractivity contribution in [3.63, 3.8) is 0 Å². The molecule has 20 heavy (non-hydrogen) atoms. The van der Waals surface area contributed by atoms with Crippen molar-refractivity contribution in [2.24, 2.45) is 0 Å². The van der Waals surface area contributed by atoms with Crippen molar-refractivity contribution in [2.75, 3.05) is 0 Å². The van der Waals surface area contributed by atoms with Gasteiger partial charge in [-0.2, -0.15) is 0 Å². The smallest absolute Gasteiger partial charge is 0.286 e. The summed E-state index contributed by atoms with van der Waals surface area (Å²) in [4.78, 5) is 23.0. The second-order valence-electron chi connectivity index (χ2n) is 4.22. The number of carbonyl (C=O) groups excluding carboxylic acids is 2. The van der Waals surface area contributed by atoms with Crippen molar-refractivity contribution in [3.8, 4) is 0 Å². The maximum Gasteiger partial charge on any atom is 0.286 e. The molecule has 102 valence electrons. The minimum absolute atomic E-state index is 0.0369. The molecule has 0 saturated carbocycles. The number of imide groups is 1. The first-order valence-electron chi connectivity index (χ1n) is 5.41. The molecule has 0 aliphatic carbocycles. The minimum atomic E-state index is -4.91. The van der Waals surface area contributed by atoms with E-state index in [1.54, 1.807) is 6.07 Å². The van der Waals surface area contributed by atoms with E-state index in [1.165, 1.54) is 18.2 Å². The normalized spacial score (nSPS) is 15.0. The second-order valence-corrected chi connectivity index (χ2v) is 5.57. The molecule has 2 aromatic rings. The van der Waals surface area contributed by atoms with E-state index in [4.69, 9.17) is 0 Å². The van der Waals surface area contributed by atoms with Gasteiger partial charge in [-0.1, -0.05) is 18.2 Å². The summed E-state index contributed by atoms with van der Waals surface area (Å²) in [5, 5.41) is 9.77. The van der Waals surface area contributed by atoms with Crippen LogP contribution in [0.5, 0.6) is 0 Å². The Balaban J connectivity index is 2.59. The van der Waals surface area contributed by atoms with E-state index in [2.05, 4.69) is 0 Å². The Labute approximate surface area is 112 Å². The highest BCUT2D eigenvalue weighted by Gasteiger charge is 2.35. The Morgan fingerprint density at radius 2 is 1.75 bits per heavy atom. The number of hydrogen-bond acceptors (Lipinski definition) is 6. The largest absolute Gasteiger partial charge is 0.744 e. The number of amides is 2. The Kier molecular flexibility index (Phi) is 2.45. The molecule has 0 atom stereocenters. The molecule has 0 aromatic heterocycles. The van der Waals surface area contributed by atoms with Crippen LogP contribution in [0.2, 0.25) is 0 Å². The highest BCUT2D eigenvalue weighted by Crippen LogP contribution is 2.33. The Bertz CT molecular complexity index is 886. The summed E-state index contributed by atoms with van der Waals surface area (Å²) in [6, 6.07) is 6.75. The lowest BCUT2D eigenvalue weighted by Gasteiger charge is -2.24. The zero-order valence-electron chi connectivity index (χ0n) is 9.73. The zero-order chi connectivity index (χ0) is 14.7. The summed E-state index contributed by atoms with van der Waals surface area (Å²) >= 11 is 0. The summed E-state index contributed by atoms with van der Waals surface area (Å²) in [5.74, 6) is -2.19. The fourth-order valence-corrected chi connectivity index (χ4v) is 2.95. The van der Waals surface area contributed by atoms with Crippen LogP contribution in [0.3, 0.4) is 0 Å². The van der Waals surface area contributed by atoms with Gasteiger partial charge < -0.3 is 4.55 Å². The molecule has 1 aliphatic rings. The molecule has 2 aromatic carbocycles. The van der Waals surface area contributed by atoms with Gasteiger partial charge in [0, 0.05) is 5.39 Å². The third-order valence-corrected chi connectivity index (χ3v) is 3.98. The first kappa shape index (κ1) is 12.7. The molecule has 8 heteroatoms. The molecule has 0 radical (unpaired) electrons. The zero-order valence-corrected chi connectivity index (χ0v) is 10.5. The second kappa shape index (κ2) is 3.85. The van der Waals surface area contributed by atoms with Gasteiger partial charge in [-0.15, -0.1) is 5.06 Å². The number of hydroxylamine groups is 2. The van der Waals surface area contributed by atoms with E-state index in [0.29, 0.717) is 5.39 Å². The van der Waals surface area contributed by atoms with Crippen LogP contribution in [-0.4, -0.2) is 35.1 Å². The van der Waals surface area contributed by atoms with Crippen molar-refractivity contribution < 1.29 is 27.8 Å². The van der Waals surface area contributed by atoms with Crippen LogP contribution in [-0.2, 0) is 10.1 Å². The first-order chi connectivity index (χ1) is 9.32. The molecule has 0 bridgehead atoms. The van der Waals surface area contributed by atoms with Crippen LogP contribution in [0.25, 0.3) is 10.8 Å². The topological polar surface area (TPSA) is 115 Å². The number of rotatable bonds is 1. The molecule has 2 amide bonds. The number of carbonyl (C=O) groups is 2. The van der Waals surface area contributed by atoms with Gasteiger partial charge in [0.25, 0.3) is 11.8 Å². The van der Waals surface area contributed by atoms with E-state index in [1.807, 2.05) is 0 Å². The SMILES string of the molecule is O=C1c2cccc3ccc(S(=O)(=O)[O-])c(c23)C(=O)N1O. The summed E-state index contributed by atoms with van der Waals surface area (Å²) in [5.41, 5.74) is -0.514. The number of benzene rings is 2. The van der Waals surface area contributed by atoms with Gasteiger partial charge in [0.1, 0.15) is 10.1 Å². The lowest BCUT2D eigenvalue weighted by Crippen LogP contribution is -2.38. The molecule has 3 rings (SSSR count). The minimum Gasteiger partial charge on any atom is -0.744 e.